The number of para-hydroxylation sites is 6. The van der Waals surface area contributed by atoms with Gasteiger partial charge in [0.05, 0.1) is 12.2 Å². The van der Waals surface area contributed by atoms with Gasteiger partial charge >= 0.3 is 31.0 Å². The number of nitrogens with zero attached hydrogens (tertiary/aromatic N) is 5. The molecule has 814 valence electrons. The maximum Gasteiger partial charge on any atom is 1.00 e. The van der Waals surface area contributed by atoms with E-state index in [9.17, 15) is 49.8 Å². The molecule has 0 spiro atoms. The number of ether oxygens (including phenoxy) is 7. The van der Waals surface area contributed by atoms with Crippen molar-refractivity contribution in [2.24, 2.45) is 34.2 Å². The molecule has 24 N–H and O–H groups in total. The molecule has 0 aliphatic carbocycles. The Hall–Kier alpha value is -16.4. The monoisotopic (exact) mass is 2090 g/mol. The van der Waals surface area contributed by atoms with Crippen LogP contribution in [0.5, 0.6) is 103 Å². The molecule has 2 aromatic heterocycles. The number of H-pyrrole nitrogens is 2. The summed E-state index contributed by atoms with van der Waals surface area (Å²) in [6.07, 6.45) is 0.573. The molecule has 37 nitrogen and oxygen atoms in total. The van der Waals surface area contributed by atoms with Crippen LogP contribution in [0.2, 0.25) is 0 Å². The number of aryl methyl sites for hydroxylation is 1. The van der Waals surface area contributed by atoms with E-state index in [1.165, 1.54) is 72.5 Å². The molecular weight excluding hydrogens is 1930 g/mol. The van der Waals surface area contributed by atoms with E-state index in [2.05, 4.69) is 68.0 Å². The summed E-state index contributed by atoms with van der Waals surface area (Å²) >= 11 is 4.56. The maximum atomic E-state index is 11.4. The molecule has 2 amide bonds. The number of nitrogens with one attached hydrogen (secondary N) is 4. The minimum atomic E-state index is -1.07. The van der Waals surface area contributed by atoms with Crippen LogP contribution in [-0.2, 0) is 13.8 Å². The van der Waals surface area contributed by atoms with Gasteiger partial charge in [-0.2, -0.15) is 15.3 Å². The molecule has 0 fully saturated rings. The first-order valence-electron chi connectivity index (χ1n) is 47.2. The van der Waals surface area contributed by atoms with Crippen molar-refractivity contribution >= 4 is 48.1 Å². The standard InChI is InChI=1S/C15H13N3O2.C14H11N3O2.C13H13N3O2.C13H12N2O3.C13H11NO4.C13H10O4.C3H5ClO3.12C2H6.CH2O2.CH4.Li.H4N2.H2O/c1-10-16-15(18-17-10)11-7-8-13(19)14(9-11)20-12-5-3-2-4-6-12;18-12-7-6-10(14-15-9-16-17-14)8-13(12)19-11-4-2-1-3-5-11;14-13(16-15)9-6-7-11(17)12(8-9)18-10-4-2-1-3-5-10;14-15-13(17)9-6-7-11(16)12(8-9)18-10-4-2-1-3-5-10;15-11-7-6-9(13(16)14-17)8-12(11)18-10-4-2-1-3-5-10;14-11-7-6-9(13(15)16)8-12(11)17-10-4-2-1-3-5-10;1-2-6-3(5)7-4;12*1-2;2-1-3;;;1-2;/h2-9,19H,1H3,(H,16,17,18);1-9,18H,(H,15,16,17);1-8,17H,15H2,(H2,14,16);1-8,16H,14H2,(H,15,17);1-8,15,17H,(H,14,16);1-8,14H,(H,15,16);2H2,1H3;12*1-2H3;1H,(H,2,3);1H4;;1-2H2;1H2/q;;;;;;;;;;;;;;;;;;;;;+1;;/p-1. The number of carbonyl (C=O) groups is 5. The van der Waals surface area contributed by atoms with E-state index in [0.29, 0.717) is 74.5 Å². The van der Waals surface area contributed by atoms with Gasteiger partial charge in [-0.25, -0.2) is 30.9 Å². The number of carboxylic acid groups (broad SMARTS) is 2. The number of rotatable bonds is 19. The Morgan fingerprint density at radius 2 is 0.664 bits per heavy atom. The Morgan fingerprint density at radius 1 is 0.409 bits per heavy atom. The average Bonchev–Trinajstić information content (AvgIpc) is 1.77. The Bertz CT molecular complexity index is 5490. The van der Waals surface area contributed by atoms with Gasteiger partial charge in [0, 0.05) is 27.8 Å². The summed E-state index contributed by atoms with van der Waals surface area (Å²) in [5.74, 6) is 23.1. The third-order valence-electron chi connectivity index (χ3n) is 14.9. The van der Waals surface area contributed by atoms with Crippen molar-refractivity contribution in [2.45, 2.75) is 187 Å². The van der Waals surface area contributed by atoms with Gasteiger partial charge in [-0.05, 0) is 196 Å². The van der Waals surface area contributed by atoms with Gasteiger partial charge in [0.2, 0.25) is 0 Å². The van der Waals surface area contributed by atoms with E-state index in [1.807, 2.05) is 288 Å². The van der Waals surface area contributed by atoms with Crippen LogP contribution < -0.4 is 87.3 Å². The Morgan fingerprint density at radius 3 is 0.906 bits per heavy atom. The maximum absolute atomic E-state index is 11.4. The SMILES string of the molecule is C.CC.CC.CC.CC.CC.CC.CC.CC.CC.CC.CC.CC.CCOC(=O)OCl.Cc1nc(-c2ccc(O)c(Oc3ccccc3)c2)n[nH]1.N/N=C(/N)c1ccc(O)c(Oc2ccccc2)c1.NN.NNC(=O)c1ccc(O)c(Oc2ccccc2)c1.O=C(NO)c1ccc(O)c(Oc2ccccc2)c1.O=C(O)c1ccc(O)c(Oc2ccccc2)c1.O=CO.Oc1ccc(-c2ncn[nH]2)cc1Oc1ccccc1.[Li+].[OH-]. The smallest absolute Gasteiger partial charge is 0.870 e. The summed E-state index contributed by atoms with van der Waals surface area (Å²) < 4.78 is 40.9. The summed E-state index contributed by atoms with van der Waals surface area (Å²) in [5, 5.41) is 99.4. The fourth-order valence-electron chi connectivity index (χ4n) is 9.31. The van der Waals surface area contributed by atoms with Gasteiger partial charge in [0.15, 0.2) is 80.6 Å². The van der Waals surface area contributed by atoms with Gasteiger partial charge in [0.1, 0.15) is 64.4 Å². The van der Waals surface area contributed by atoms with Gasteiger partial charge in [-0.3, -0.25) is 46.9 Å². The second-order valence-corrected chi connectivity index (χ2v) is 23.4. The summed E-state index contributed by atoms with van der Waals surface area (Å²) in [6, 6.07) is 81.2. The molecular formula is C110H158ClLiN14O23. The van der Waals surface area contributed by atoms with Crippen molar-refractivity contribution in [1.82, 2.24) is 41.3 Å². The van der Waals surface area contributed by atoms with Crippen LogP contribution in [0.1, 0.15) is 223 Å². The largest absolute Gasteiger partial charge is 1.00 e. The zero-order valence-corrected chi connectivity index (χ0v) is 90.6. The van der Waals surface area contributed by atoms with Crippen molar-refractivity contribution in [3.8, 4) is 126 Å². The van der Waals surface area contributed by atoms with Gasteiger partial charge in [-0.1, -0.05) is 283 Å². The normalized spacial score (nSPS) is 8.54. The van der Waals surface area contributed by atoms with E-state index in [-0.39, 0.29) is 114 Å². The number of hydrogen-bond donors (Lipinski definition) is 18. The molecule has 14 rings (SSSR count). The van der Waals surface area contributed by atoms with Crippen LogP contribution in [0.4, 0.5) is 4.79 Å². The fraction of sp³-hybridized carbons (Fsp3) is 0.255. The van der Waals surface area contributed by atoms with Crippen molar-refractivity contribution in [2.75, 3.05) is 6.61 Å². The molecule has 0 atom stereocenters. The second kappa shape index (κ2) is 103. The van der Waals surface area contributed by atoms with Crippen LogP contribution >= 0.6 is 11.9 Å². The first-order valence-corrected chi connectivity index (χ1v) is 47.6. The molecule has 0 aliphatic rings. The fourth-order valence-corrected chi connectivity index (χ4v) is 9.35. The molecule has 14 aromatic rings. The number of aromatic nitrogens is 6. The summed E-state index contributed by atoms with van der Waals surface area (Å²) in [5.41, 5.74) is 11.8. The topological polar surface area (TPSA) is 621 Å². The van der Waals surface area contributed by atoms with E-state index in [0.717, 1.165) is 17.0 Å². The number of hydrazone groups is 1. The van der Waals surface area contributed by atoms with E-state index in [4.69, 9.17) is 66.1 Å². The number of phenolic OH excluding ortho intramolecular Hbond substituents is 6. The first-order chi connectivity index (χ1) is 71.0. The van der Waals surface area contributed by atoms with Gasteiger partial charge in [-0.15, -0.1) is 0 Å². The zero-order valence-electron chi connectivity index (χ0n) is 89.9. The van der Waals surface area contributed by atoms with Crippen LogP contribution in [0.3, 0.4) is 0 Å². The van der Waals surface area contributed by atoms with Crippen molar-refractivity contribution in [3.63, 3.8) is 0 Å². The summed E-state index contributed by atoms with van der Waals surface area (Å²) in [6.45, 7) is 51.5. The number of aromatic hydroxyl groups is 6. The number of amides is 2. The minimum Gasteiger partial charge on any atom is -0.870 e. The third kappa shape index (κ3) is 64.9. The number of nitrogen functional groups attached to an aromatic ring is 1. The number of amidine groups is 1. The number of phenols is 6. The molecule has 0 radical (unpaired) electrons. The number of hydroxylamine groups is 1. The molecule has 0 bridgehead atoms. The number of aromatic carboxylic acids is 1. The minimum absolute atomic E-state index is 0. The van der Waals surface area contributed by atoms with Crippen LogP contribution in [0, 0.1) is 6.92 Å². The van der Waals surface area contributed by atoms with Crippen LogP contribution in [-0.4, -0.2) is 125 Å². The zero-order chi connectivity index (χ0) is 113. The van der Waals surface area contributed by atoms with Crippen LogP contribution in [0.15, 0.2) is 303 Å². The molecule has 0 unspecified atom stereocenters. The number of benzene rings is 12. The predicted molar refractivity (Wildman–Crippen MR) is 592 cm³/mol. The number of hydrogen-bond acceptors (Lipinski definition) is 30. The molecule has 0 saturated carbocycles. The van der Waals surface area contributed by atoms with Gasteiger partial charge in [0.25, 0.3) is 18.3 Å². The van der Waals surface area contributed by atoms with Crippen molar-refractivity contribution < 1.29 is 132 Å². The summed E-state index contributed by atoms with van der Waals surface area (Å²) in [7, 11) is 0. The summed E-state index contributed by atoms with van der Waals surface area (Å²) in [4.78, 5) is 59.9. The van der Waals surface area contributed by atoms with Crippen LogP contribution in [0.25, 0.3) is 22.8 Å². The Labute approximate surface area is 896 Å². The number of halogens is 1. The van der Waals surface area contributed by atoms with E-state index < -0.39 is 23.9 Å². The third-order valence-corrected chi connectivity index (χ3v) is 15.0. The van der Waals surface area contributed by atoms with E-state index >= 15 is 0 Å². The first kappa shape index (κ1) is 153. The number of carboxylic acids is 1. The second-order valence-electron chi connectivity index (χ2n) is 23.3. The number of aromatic amines is 2. The van der Waals surface area contributed by atoms with Crippen molar-refractivity contribution in [1.29, 1.82) is 0 Å². The molecule has 149 heavy (non-hydrogen) atoms. The van der Waals surface area contributed by atoms with E-state index in [1.54, 1.807) is 128 Å². The molecule has 0 aliphatic heterocycles. The molecule has 2 heterocycles. The Kier molecular flexibility index (Phi) is 106. The Balaban J connectivity index is -0.000000182. The van der Waals surface area contributed by atoms with Gasteiger partial charge < -0.3 is 95.4 Å². The number of carbonyl (C=O) groups excluding carboxylic acids is 3. The number of hydrazine groups is 2. The number of nitrogens with two attached hydrogens (primary N) is 5. The molecule has 39 heteroatoms. The average molecular weight is 2090 g/mol. The quantitative estimate of drug-likeness (QED) is 0.00411. The molecule has 0 saturated heterocycles. The van der Waals surface area contributed by atoms with Crippen molar-refractivity contribution in [3.05, 3.63) is 326 Å². The molecule has 12 aromatic carbocycles. The predicted octanol–water partition coefficient (Wildman–Crippen LogP) is 24.6.